The van der Waals surface area contributed by atoms with Crippen LogP contribution in [-0.2, 0) is 11.3 Å². The quantitative estimate of drug-likeness (QED) is 0.413. The molecule has 1 saturated carbocycles. The molecule has 3 aromatic rings. The summed E-state index contributed by atoms with van der Waals surface area (Å²) in [7, 11) is 0. The number of amides is 1. The lowest BCUT2D eigenvalue weighted by Crippen LogP contribution is -2.45. The highest BCUT2D eigenvalue weighted by atomic mass is 16.2. The number of terminal acetylenes is 1. The first-order chi connectivity index (χ1) is 17.2. The summed E-state index contributed by atoms with van der Waals surface area (Å²) in [5.74, 6) is 4.31. The standard InChI is InChI=1S/C27H29N7O/c1-2-14-29-27-32-23(17-24(33-27)34-15-6-7-16-34)31-25(22-8-4-3-5-9-22)26(35)30-19-21-12-10-20(18-28)11-13-21/h1,6-7,10-13,15-17,22,25H,3-5,8-9,14,19H2,(H,30,35)(H2,29,31,32,33)/t25-/m1/s1. The number of carbonyl (C=O) groups is 1. The Balaban J connectivity index is 1.55. The van der Waals surface area contributed by atoms with Gasteiger partial charge in [-0.25, -0.2) is 0 Å². The number of aromatic nitrogens is 3. The van der Waals surface area contributed by atoms with Crippen molar-refractivity contribution in [2.75, 3.05) is 17.2 Å². The maximum atomic E-state index is 13.4. The van der Waals surface area contributed by atoms with E-state index in [1.54, 1.807) is 12.1 Å². The molecule has 1 aliphatic carbocycles. The molecule has 1 atom stereocenters. The van der Waals surface area contributed by atoms with Crippen LogP contribution in [0.5, 0.6) is 0 Å². The van der Waals surface area contributed by atoms with Crippen LogP contribution in [-0.4, -0.2) is 33.0 Å². The van der Waals surface area contributed by atoms with Gasteiger partial charge in [0, 0.05) is 25.0 Å². The molecule has 0 radical (unpaired) electrons. The predicted molar refractivity (Wildman–Crippen MR) is 136 cm³/mol. The largest absolute Gasteiger partial charge is 0.358 e. The highest BCUT2D eigenvalue weighted by Crippen LogP contribution is 2.29. The minimum absolute atomic E-state index is 0.0690. The SMILES string of the molecule is C#CCNc1nc(N[C@@H](C(=O)NCc2ccc(C#N)cc2)C2CCCCC2)cc(-n2cccc2)n1. The maximum Gasteiger partial charge on any atom is 0.243 e. The minimum atomic E-state index is -0.429. The van der Waals surface area contributed by atoms with Gasteiger partial charge in [-0.05, 0) is 48.6 Å². The van der Waals surface area contributed by atoms with Gasteiger partial charge in [-0.1, -0.05) is 37.3 Å². The number of rotatable bonds is 9. The molecule has 3 N–H and O–H groups in total. The smallest absolute Gasteiger partial charge is 0.243 e. The fourth-order valence-electron chi connectivity index (χ4n) is 4.36. The Labute approximate surface area is 205 Å². The molecule has 4 rings (SSSR count). The second-order valence-electron chi connectivity index (χ2n) is 8.63. The maximum absolute atomic E-state index is 13.4. The van der Waals surface area contributed by atoms with Crippen molar-refractivity contribution in [1.82, 2.24) is 19.9 Å². The van der Waals surface area contributed by atoms with Crippen molar-refractivity contribution in [2.45, 2.75) is 44.7 Å². The van der Waals surface area contributed by atoms with Crippen molar-refractivity contribution in [2.24, 2.45) is 5.92 Å². The Bertz CT molecular complexity index is 1200. The zero-order valence-electron chi connectivity index (χ0n) is 19.6. The third-order valence-corrected chi connectivity index (χ3v) is 6.19. The molecular weight excluding hydrogens is 438 g/mol. The molecule has 0 saturated heterocycles. The average Bonchev–Trinajstić information content (AvgIpc) is 3.45. The molecule has 1 aliphatic rings. The van der Waals surface area contributed by atoms with Crippen LogP contribution >= 0.6 is 0 Å². The van der Waals surface area contributed by atoms with Crippen LogP contribution in [0.1, 0.15) is 43.2 Å². The van der Waals surface area contributed by atoms with E-state index in [0.717, 1.165) is 31.2 Å². The lowest BCUT2D eigenvalue weighted by Gasteiger charge is -2.30. The van der Waals surface area contributed by atoms with Crippen molar-refractivity contribution in [1.29, 1.82) is 5.26 Å². The van der Waals surface area contributed by atoms with Crippen LogP contribution in [0.15, 0.2) is 54.9 Å². The second kappa shape index (κ2) is 11.7. The molecule has 0 spiro atoms. The first kappa shape index (κ1) is 23.8. The van der Waals surface area contributed by atoms with E-state index in [1.807, 2.05) is 47.3 Å². The van der Waals surface area contributed by atoms with Crippen molar-refractivity contribution in [3.05, 3.63) is 66.0 Å². The number of hydrogen-bond donors (Lipinski definition) is 3. The monoisotopic (exact) mass is 467 g/mol. The van der Waals surface area contributed by atoms with E-state index in [0.29, 0.717) is 36.2 Å². The number of nitrogens with one attached hydrogen (secondary N) is 3. The van der Waals surface area contributed by atoms with Gasteiger partial charge in [0.05, 0.1) is 18.2 Å². The fraction of sp³-hybridized carbons (Fsp3) is 0.333. The highest BCUT2D eigenvalue weighted by Gasteiger charge is 2.30. The van der Waals surface area contributed by atoms with Crippen molar-refractivity contribution in [3.8, 4) is 24.2 Å². The summed E-state index contributed by atoms with van der Waals surface area (Å²) in [6, 6.07) is 14.6. The minimum Gasteiger partial charge on any atom is -0.358 e. The molecule has 178 valence electrons. The number of hydrogen-bond acceptors (Lipinski definition) is 6. The zero-order chi connectivity index (χ0) is 24.5. The van der Waals surface area contributed by atoms with Gasteiger partial charge in [0.15, 0.2) is 0 Å². The summed E-state index contributed by atoms with van der Waals surface area (Å²) in [4.78, 5) is 22.5. The Morgan fingerprint density at radius 3 is 2.57 bits per heavy atom. The van der Waals surface area contributed by atoms with Gasteiger partial charge in [0.25, 0.3) is 0 Å². The molecule has 2 heterocycles. The van der Waals surface area contributed by atoms with E-state index in [-0.39, 0.29) is 11.8 Å². The van der Waals surface area contributed by atoms with E-state index >= 15 is 0 Å². The number of anilines is 2. The van der Waals surface area contributed by atoms with Gasteiger partial charge in [-0.15, -0.1) is 6.42 Å². The molecule has 8 heteroatoms. The van der Waals surface area contributed by atoms with Crippen LogP contribution in [0.2, 0.25) is 0 Å². The van der Waals surface area contributed by atoms with E-state index in [1.165, 1.54) is 6.42 Å². The molecular formula is C27H29N7O. The fourth-order valence-corrected chi connectivity index (χ4v) is 4.36. The summed E-state index contributed by atoms with van der Waals surface area (Å²) in [5, 5.41) is 18.5. The van der Waals surface area contributed by atoms with Crippen LogP contribution in [0.4, 0.5) is 11.8 Å². The van der Waals surface area contributed by atoms with E-state index in [4.69, 9.17) is 11.7 Å². The number of nitrogens with zero attached hydrogens (tertiary/aromatic N) is 4. The van der Waals surface area contributed by atoms with Crippen molar-refractivity contribution < 1.29 is 4.79 Å². The van der Waals surface area contributed by atoms with Gasteiger partial charge in [-0.3, -0.25) is 4.79 Å². The Kier molecular flexibility index (Phi) is 7.98. The predicted octanol–water partition coefficient (Wildman–Crippen LogP) is 3.86. The average molecular weight is 468 g/mol. The Morgan fingerprint density at radius 1 is 1.14 bits per heavy atom. The molecule has 1 amide bonds. The Hall–Kier alpha value is -4.30. The normalized spacial score (nSPS) is 14.3. The summed E-state index contributed by atoms with van der Waals surface area (Å²) >= 11 is 0. The molecule has 0 bridgehead atoms. The topological polar surface area (TPSA) is 108 Å². The molecule has 1 aromatic carbocycles. The van der Waals surface area contributed by atoms with E-state index < -0.39 is 6.04 Å². The molecule has 0 unspecified atom stereocenters. The van der Waals surface area contributed by atoms with Crippen molar-refractivity contribution in [3.63, 3.8) is 0 Å². The third-order valence-electron chi connectivity index (χ3n) is 6.19. The number of nitriles is 1. The zero-order valence-corrected chi connectivity index (χ0v) is 19.6. The molecule has 2 aromatic heterocycles. The molecule has 0 aliphatic heterocycles. The van der Waals surface area contributed by atoms with Gasteiger partial charge in [0.1, 0.15) is 17.7 Å². The van der Waals surface area contributed by atoms with Crippen molar-refractivity contribution >= 4 is 17.7 Å². The molecule has 8 nitrogen and oxygen atoms in total. The van der Waals surface area contributed by atoms with Crippen LogP contribution in [0.3, 0.4) is 0 Å². The van der Waals surface area contributed by atoms with Crippen LogP contribution < -0.4 is 16.0 Å². The van der Waals surface area contributed by atoms with Gasteiger partial charge in [0.2, 0.25) is 11.9 Å². The molecule has 1 fully saturated rings. The summed E-state index contributed by atoms with van der Waals surface area (Å²) in [6.07, 6.45) is 14.6. The van der Waals surface area contributed by atoms with Gasteiger partial charge >= 0.3 is 0 Å². The lowest BCUT2D eigenvalue weighted by atomic mass is 9.83. The van der Waals surface area contributed by atoms with Gasteiger partial charge < -0.3 is 20.5 Å². The highest BCUT2D eigenvalue weighted by molar-refractivity contribution is 5.84. The first-order valence-corrected chi connectivity index (χ1v) is 11.9. The number of carbonyl (C=O) groups excluding carboxylic acids is 1. The third kappa shape index (κ3) is 6.39. The summed E-state index contributed by atoms with van der Waals surface area (Å²) in [6.45, 7) is 0.689. The van der Waals surface area contributed by atoms with Crippen LogP contribution in [0, 0.1) is 29.6 Å². The first-order valence-electron chi connectivity index (χ1n) is 11.9. The summed E-state index contributed by atoms with van der Waals surface area (Å²) < 4.78 is 1.88. The number of benzene rings is 1. The lowest BCUT2D eigenvalue weighted by molar-refractivity contribution is -0.123. The second-order valence-corrected chi connectivity index (χ2v) is 8.63. The summed E-state index contributed by atoms with van der Waals surface area (Å²) in [5.41, 5.74) is 1.54. The van der Waals surface area contributed by atoms with Gasteiger partial charge in [-0.2, -0.15) is 15.2 Å². The van der Waals surface area contributed by atoms with E-state index in [9.17, 15) is 4.79 Å². The molecule has 35 heavy (non-hydrogen) atoms. The Morgan fingerprint density at radius 2 is 1.89 bits per heavy atom. The van der Waals surface area contributed by atoms with E-state index in [2.05, 4.69) is 37.9 Å². The van der Waals surface area contributed by atoms with Crippen LogP contribution in [0.25, 0.3) is 5.82 Å².